The van der Waals surface area contributed by atoms with E-state index in [1.165, 1.54) is 25.7 Å². The van der Waals surface area contributed by atoms with E-state index >= 15 is 0 Å². The second-order valence-electron chi connectivity index (χ2n) is 6.89. The van der Waals surface area contributed by atoms with E-state index in [1.54, 1.807) is 7.11 Å². The predicted molar refractivity (Wildman–Crippen MR) is 83.5 cm³/mol. The first-order valence-corrected chi connectivity index (χ1v) is 7.90. The molecule has 0 N–H and O–H groups in total. The Bertz CT molecular complexity index is 201. The molecule has 1 atom stereocenters. The maximum Gasteiger partial charge on any atom is 0.0598 e. The minimum Gasteiger partial charge on any atom is -0.385 e. The lowest BCUT2D eigenvalue weighted by Crippen LogP contribution is -2.31. The van der Waals surface area contributed by atoms with Crippen LogP contribution in [0.2, 0.25) is 0 Å². The fourth-order valence-electron chi connectivity index (χ4n) is 3.45. The lowest BCUT2D eigenvalue weighted by Gasteiger charge is -2.38. The van der Waals surface area contributed by atoms with Gasteiger partial charge < -0.3 is 9.47 Å². The molecule has 0 fully saturated rings. The van der Waals surface area contributed by atoms with E-state index in [0.717, 1.165) is 24.9 Å². The maximum absolute atomic E-state index is 5.69. The first-order valence-electron chi connectivity index (χ1n) is 7.90. The zero-order chi connectivity index (χ0) is 14.9. The van der Waals surface area contributed by atoms with E-state index in [1.807, 2.05) is 7.11 Å². The molecule has 0 saturated heterocycles. The molecule has 0 spiro atoms. The van der Waals surface area contributed by atoms with Gasteiger partial charge in [0, 0.05) is 20.8 Å². The second kappa shape index (κ2) is 9.77. The Balaban J connectivity index is 4.77. The van der Waals surface area contributed by atoms with Gasteiger partial charge in [0.25, 0.3) is 0 Å². The van der Waals surface area contributed by atoms with Crippen LogP contribution in [0.15, 0.2) is 0 Å². The van der Waals surface area contributed by atoms with Crippen molar-refractivity contribution in [2.45, 2.75) is 72.8 Å². The third-order valence-electron chi connectivity index (χ3n) is 4.07. The molecule has 2 heteroatoms. The maximum atomic E-state index is 5.69. The van der Waals surface area contributed by atoms with Crippen LogP contribution in [0.5, 0.6) is 0 Å². The highest BCUT2D eigenvalue weighted by molar-refractivity contribution is 4.83. The SMILES string of the molecule is CCC(CC(C)C)(CC(C)C)CC(CCOC)OC. The minimum absolute atomic E-state index is 0.331. The minimum atomic E-state index is 0.331. The summed E-state index contributed by atoms with van der Waals surface area (Å²) < 4.78 is 10.9. The van der Waals surface area contributed by atoms with E-state index < -0.39 is 0 Å². The van der Waals surface area contributed by atoms with E-state index in [9.17, 15) is 0 Å². The summed E-state index contributed by atoms with van der Waals surface area (Å²) in [6.07, 6.45) is 6.35. The van der Waals surface area contributed by atoms with Gasteiger partial charge in [0.05, 0.1) is 6.10 Å². The Morgan fingerprint density at radius 1 is 0.895 bits per heavy atom. The van der Waals surface area contributed by atoms with Crippen LogP contribution in [0.1, 0.15) is 66.7 Å². The van der Waals surface area contributed by atoms with Gasteiger partial charge in [0.1, 0.15) is 0 Å². The summed E-state index contributed by atoms with van der Waals surface area (Å²) in [6, 6.07) is 0. The van der Waals surface area contributed by atoms with Crippen LogP contribution in [-0.4, -0.2) is 26.9 Å². The van der Waals surface area contributed by atoms with Crippen molar-refractivity contribution in [2.75, 3.05) is 20.8 Å². The highest BCUT2D eigenvalue weighted by Gasteiger charge is 2.32. The quantitative estimate of drug-likeness (QED) is 0.531. The molecule has 0 aliphatic heterocycles. The molecule has 2 nitrogen and oxygen atoms in total. The molecule has 116 valence electrons. The third-order valence-corrected chi connectivity index (χ3v) is 4.07. The Morgan fingerprint density at radius 3 is 1.74 bits per heavy atom. The van der Waals surface area contributed by atoms with Crippen molar-refractivity contribution >= 4 is 0 Å². The molecule has 0 bridgehead atoms. The fraction of sp³-hybridized carbons (Fsp3) is 1.00. The summed E-state index contributed by atoms with van der Waals surface area (Å²) >= 11 is 0. The zero-order valence-electron chi connectivity index (χ0n) is 14.3. The molecule has 1 unspecified atom stereocenters. The highest BCUT2D eigenvalue weighted by atomic mass is 16.5. The van der Waals surface area contributed by atoms with Gasteiger partial charge >= 0.3 is 0 Å². The molecule has 0 aliphatic rings. The largest absolute Gasteiger partial charge is 0.385 e. The fourth-order valence-corrected chi connectivity index (χ4v) is 3.45. The molecule has 19 heavy (non-hydrogen) atoms. The summed E-state index contributed by atoms with van der Waals surface area (Å²) in [5.74, 6) is 1.50. The molecule has 0 radical (unpaired) electrons. The monoisotopic (exact) mass is 272 g/mol. The molecule has 0 aliphatic carbocycles. The molecule has 0 aromatic rings. The van der Waals surface area contributed by atoms with Gasteiger partial charge in [0.2, 0.25) is 0 Å². The molecule has 0 saturated carbocycles. The van der Waals surface area contributed by atoms with E-state index in [2.05, 4.69) is 34.6 Å². The van der Waals surface area contributed by atoms with Crippen LogP contribution in [0.4, 0.5) is 0 Å². The normalized spacial score (nSPS) is 14.4. The Kier molecular flexibility index (Phi) is 9.72. The molecular formula is C17H36O2. The first-order chi connectivity index (χ1) is 8.89. The summed E-state index contributed by atoms with van der Waals surface area (Å²) in [5, 5.41) is 0. The summed E-state index contributed by atoms with van der Waals surface area (Å²) in [7, 11) is 3.60. The number of rotatable bonds is 11. The average Bonchev–Trinajstić information content (AvgIpc) is 2.32. The lowest BCUT2D eigenvalue weighted by molar-refractivity contribution is 0.0116. The highest BCUT2D eigenvalue weighted by Crippen LogP contribution is 2.42. The van der Waals surface area contributed by atoms with Crippen LogP contribution in [0.25, 0.3) is 0 Å². The van der Waals surface area contributed by atoms with Gasteiger partial charge in [-0.15, -0.1) is 0 Å². The first kappa shape index (κ1) is 18.9. The Hall–Kier alpha value is -0.0800. The van der Waals surface area contributed by atoms with Gasteiger partial charge in [-0.3, -0.25) is 0 Å². The van der Waals surface area contributed by atoms with Crippen molar-refractivity contribution in [1.29, 1.82) is 0 Å². The molecule has 0 amide bonds. The van der Waals surface area contributed by atoms with Crippen molar-refractivity contribution in [2.24, 2.45) is 17.3 Å². The Labute approximate surface area is 121 Å². The van der Waals surface area contributed by atoms with Crippen LogP contribution >= 0.6 is 0 Å². The lowest BCUT2D eigenvalue weighted by atomic mass is 9.69. The number of hydrogen-bond donors (Lipinski definition) is 0. The van der Waals surface area contributed by atoms with Crippen molar-refractivity contribution in [1.82, 2.24) is 0 Å². The van der Waals surface area contributed by atoms with E-state index in [4.69, 9.17) is 9.47 Å². The Morgan fingerprint density at radius 2 is 1.42 bits per heavy atom. The average molecular weight is 272 g/mol. The van der Waals surface area contributed by atoms with Crippen LogP contribution in [0.3, 0.4) is 0 Å². The van der Waals surface area contributed by atoms with Crippen LogP contribution in [0, 0.1) is 17.3 Å². The molecule has 0 heterocycles. The van der Waals surface area contributed by atoms with Gasteiger partial charge in [-0.25, -0.2) is 0 Å². The van der Waals surface area contributed by atoms with Gasteiger partial charge in [-0.1, -0.05) is 41.0 Å². The summed E-state index contributed by atoms with van der Waals surface area (Å²) in [4.78, 5) is 0. The van der Waals surface area contributed by atoms with Gasteiger partial charge in [0.15, 0.2) is 0 Å². The van der Waals surface area contributed by atoms with Crippen molar-refractivity contribution in [3.63, 3.8) is 0 Å². The van der Waals surface area contributed by atoms with Crippen LogP contribution < -0.4 is 0 Å². The molecule has 0 aromatic heterocycles. The smallest absolute Gasteiger partial charge is 0.0598 e. The van der Waals surface area contributed by atoms with E-state index in [-0.39, 0.29) is 0 Å². The summed E-state index contributed by atoms with van der Waals surface area (Å²) in [5.41, 5.74) is 0.427. The number of methoxy groups -OCH3 is 2. The van der Waals surface area contributed by atoms with Crippen molar-refractivity contribution in [3.8, 4) is 0 Å². The standard InChI is InChI=1S/C17H36O2/c1-8-17(11-14(2)3,12-15(4)5)13-16(19-7)9-10-18-6/h14-16H,8-13H2,1-7H3. The van der Waals surface area contributed by atoms with Crippen LogP contribution in [-0.2, 0) is 9.47 Å². The third kappa shape index (κ3) is 7.94. The zero-order valence-corrected chi connectivity index (χ0v) is 14.3. The molecular weight excluding hydrogens is 236 g/mol. The molecule has 0 aromatic carbocycles. The van der Waals surface area contributed by atoms with Gasteiger partial charge in [-0.2, -0.15) is 0 Å². The number of hydrogen-bond acceptors (Lipinski definition) is 2. The second-order valence-corrected chi connectivity index (χ2v) is 6.89. The van der Waals surface area contributed by atoms with Crippen molar-refractivity contribution < 1.29 is 9.47 Å². The molecule has 0 rings (SSSR count). The van der Waals surface area contributed by atoms with Crippen molar-refractivity contribution in [3.05, 3.63) is 0 Å². The van der Waals surface area contributed by atoms with E-state index in [0.29, 0.717) is 11.5 Å². The number of ether oxygens (including phenoxy) is 2. The predicted octanol–water partition coefficient (Wildman–Crippen LogP) is 4.92. The van der Waals surface area contributed by atoms with Gasteiger partial charge in [-0.05, 0) is 42.9 Å². The summed E-state index contributed by atoms with van der Waals surface area (Å²) in [6.45, 7) is 12.5. The topological polar surface area (TPSA) is 18.5 Å².